The van der Waals surface area contributed by atoms with E-state index in [4.69, 9.17) is 10.4 Å². The van der Waals surface area contributed by atoms with Gasteiger partial charge in [0.25, 0.3) is 0 Å². The Morgan fingerprint density at radius 2 is 1.45 bits per heavy atom. The SMILES string of the molecule is O=C(NO)C1CC1C(=O)NO. The summed E-state index contributed by atoms with van der Waals surface area (Å²) in [5.74, 6) is -2.16. The van der Waals surface area contributed by atoms with Crippen LogP contribution in [0.5, 0.6) is 0 Å². The third-order valence-corrected chi connectivity index (χ3v) is 1.68. The van der Waals surface area contributed by atoms with Crippen LogP contribution in [-0.4, -0.2) is 22.2 Å². The molecule has 1 fully saturated rings. The van der Waals surface area contributed by atoms with Crippen molar-refractivity contribution in [3.63, 3.8) is 0 Å². The predicted molar refractivity (Wildman–Crippen MR) is 31.5 cm³/mol. The van der Waals surface area contributed by atoms with E-state index in [9.17, 15) is 9.59 Å². The van der Waals surface area contributed by atoms with Crippen LogP contribution in [0.25, 0.3) is 0 Å². The average molecular weight is 160 g/mol. The zero-order valence-electron chi connectivity index (χ0n) is 5.57. The molecule has 2 atom stereocenters. The summed E-state index contributed by atoms with van der Waals surface area (Å²) in [4.78, 5) is 21.2. The van der Waals surface area contributed by atoms with Crippen LogP contribution in [-0.2, 0) is 9.59 Å². The Kier molecular flexibility index (Phi) is 2.06. The zero-order chi connectivity index (χ0) is 8.43. The van der Waals surface area contributed by atoms with Gasteiger partial charge in [0.05, 0.1) is 11.8 Å². The molecule has 0 heterocycles. The molecular weight excluding hydrogens is 152 g/mol. The Bertz CT molecular complexity index is 173. The van der Waals surface area contributed by atoms with Crippen LogP contribution in [0.2, 0.25) is 0 Å². The summed E-state index contributed by atoms with van der Waals surface area (Å²) in [6.07, 6.45) is 0.374. The number of amides is 2. The van der Waals surface area contributed by atoms with Gasteiger partial charge in [0.1, 0.15) is 0 Å². The number of nitrogens with one attached hydrogen (secondary N) is 2. The third-order valence-electron chi connectivity index (χ3n) is 1.68. The molecule has 0 spiro atoms. The normalized spacial score (nSPS) is 27.5. The largest absolute Gasteiger partial charge is 0.289 e. The fourth-order valence-corrected chi connectivity index (χ4v) is 0.940. The minimum Gasteiger partial charge on any atom is -0.289 e. The monoisotopic (exact) mass is 160 g/mol. The van der Waals surface area contributed by atoms with Gasteiger partial charge >= 0.3 is 0 Å². The van der Waals surface area contributed by atoms with Crippen molar-refractivity contribution in [1.82, 2.24) is 11.0 Å². The van der Waals surface area contributed by atoms with Gasteiger partial charge in [0.15, 0.2) is 0 Å². The van der Waals surface area contributed by atoms with Crippen molar-refractivity contribution in [3.8, 4) is 0 Å². The van der Waals surface area contributed by atoms with Crippen LogP contribution in [0, 0.1) is 11.8 Å². The molecule has 1 aliphatic rings. The molecule has 11 heavy (non-hydrogen) atoms. The summed E-state index contributed by atoms with van der Waals surface area (Å²) in [5, 5.41) is 16.2. The molecule has 0 aromatic rings. The lowest BCUT2D eigenvalue weighted by molar-refractivity contribution is -0.135. The van der Waals surface area contributed by atoms with Crippen molar-refractivity contribution >= 4 is 11.8 Å². The van der Waals surface area contributed by atoms with E-state index in [0.29, 0.717) is 6.42 Å². The van der Waals surface area contributed by atoms with Crippen molar-refractivity contribution < 1.29 is 20.0 Å². The van der Waals surface area contributed by atoms with Crippen molar-refractivity contribution in [2.24, 2.45) is 11.8 Å². The predicted octanol–water partition coefficient (Wildman–Crippen LogP) is -1.37. The van der Waals surface area contributed by atoms with Crippen LogP contribution >= 0.6 is 0 Å². The van der Waals surface area contributed by atoms with Crippen molar-refractivity contribution in [2.75, 3.05) is 0 Å². The van der Waals surface area contributed by atoms with Gasteiger partial charge in [-0.25, -0.2) is 11.0 Å². The lowest BCUT2D eigenvalue weighted by atomic mass is 10.3. The van der Waals surface area contributed by atoms with Crippen molar-refractivity contribution in [3.05, 3.63) is 0 Å². The highest BCUT2D eigenvalue weighted by atomic mass is 16.5. The molecular formula is C5H8N2O4. The lowest BCUT2D eigenvalue weighted by Gasteiger charge is -1.95. The van der Waals surface area contributed by atoms with Crippen molar-refractivity contribution in [2.45, 2.75) is 6.42 Å². The summed E-state index contributed by atoms with van der Waals surface area (Å²) < 4.78 is 0. The quantitative estimate of drug-likeness (QED) is 0.296. The first kappa shape index (κ1) is 7.96. The molecule has 6 nitrogen and oxygen atoms in total. The first-order valence-corrected chi connectivity index (χ1v) is 3.08. The molecule has 4 N–H and O–H groups in total. The van der Waals surface area contributed by atoms with E-state index < -0.39 is 23.7 Å². The molecule has 0 radical (unpaired) electrons. The van der Waals surface area contributed by atoms with E-state index in [1.165, 1.54) is 11.0 Å². The number of hydrogen-bond donors (Lipinski definition) is 4. The third kappa shape index (κ3) is 1.47. The maximum Gasteiger partial charge on any atom is 0.247 e. The first-order chi connectivity index (χ1) is 5.20. The minimum absolute atomic E-state index is 0.374. The van der Waals surface area contributed by atoms with Gasteiger partial charge in [-0.3, -0.25) is 20.0 Å². The molecule has 2 amide bonds. The van der Waals surface area contributed by atoms with E-state index >= 15 is 0 Å². The average Bonchev–Trinajstić information content (AvgIpc) is 2.80. The summed E-state index contributed by atoms with van der Waals surface area (Å²) in [7, 11) is 0. The molecule has 0 bridgehead atoms. The molecule has 1 rings (SSSR count). The zero-order valence-corrected chi connectivity index (χ0v) is 5.57. The van der Waals surface area contributed by atoms with E-state index in [-0.39, 0.29) is 0 Å². The lowest BCUT2D eigenvalue weighted by Crippen LogP contribution is -2.26. The molecule has 6 heteroatoms. The van der Waals surface area contributed by atoms with E-state index in [1.54, 1.807) is 0 Å². The number of rotatable bonds is 2. The maximum absolute atomic E-state index is 10.6. The second kappa shape index (κ2) is 2.85. The summed E-state index contributed by atoms with van der Waals surface area (Å²) in [6.45, 7) is 0. The van der Waals surface area contributed by atoms with E-state index in [2.05, 4.69) is 0 Å². The molecule has 0 aromatic carbocycles. The van der Waals surface area contributed by atoms with Gasteiger partial charge in [0, 0.05) is 0 Å². The summed E-state index contributed by atoms with van der Waals surface area (Å²) in [6, 6.07) is 0. The van der Waals surface area contributed by atoms with Crippen LogP contribution in [0.1, 0.15) is 6.42 Å². The van der Waals surface area contributed by atoms with E-state index in [0.717, 1.165) is 0 Å². The number of hydroxylamine groups is 2. The number of carbonyl (C=O) groups is 2. The molecule has 1 aliphatic carbocycles. The summed E-state index contributed by atoms with van der Waals surface area (Å²) in [5.41, 5.74) is 2.87. The Morgan fingerprint density at radius 3 is 1.73 bits per heavy atom. The Morgan fingerprint density at radius 1 is 1.09 bits per heavy atom. The molecule has 0 saturated heterocycles. The number of carbonyl (C=O) groups excluding carboxylic acids is 2. The maximum atomic E-state index is 10.6. The molecule has 1 saturated carbocycles. The van der Waals surface area contributed by atoms with Gasteiger partial charge in [-0.15, -0.1) is 0 Å². The fraction of sp³-hybridized carbons (Fsp3) is 0.600. The number of hydrogen-bond acceptors (Lipinski definition) is 4. The second-order valence-electron chi connectivity index (χ2n) is 2.40. The Labute approximate surface area is 62.1 Å². The highest BCUT2D eigenvalue weighted by molar-refractivity contribution is 5.91. The second-order valence-corrected chi connectivity index (χ2v) is 2.40. The van der Waals surface area contributed by atoms with E-state index in [1.807, 2.05) is 0 Å². The van der Waals surface area contributed by atoms with Crippen LogP contribution < -0.4 is 11.0 Å². The summed E-state index contributed by atoms with van der Waals surface area (Å²) >= 11 is 0. The molecule has 62 valence electrons. The van der Waals surface area contributed by atoms with Gasteiger partial charge in [-0.05, 0) is 6.42 Å². The van der Waals surface area contributed by atoms with Crippen molar-refractivity contribution in [1.29, 1.82) is 0 Å². The van der Waals surface area contributed by atoms with Crippen LogP contribution in [0.15, 0.2) is 0 Å². The van der Waals surface area contributed by atoms with Crippen LogP contribution in [0.4, 0.5) is 0 Å². The minimum atomic E-state index is -0.585. The van der Waals surface area contributed by atoms with Gasteiger partial charge in [-0.2, -0.15) is 0 Å². The highest BCUT2D eigenvalue weighted by Crippen LogP contribution is 2.38. The molecule has 0 aliphatic heterocycles. The molecule has 0 aromatic heterocycles. The Balaban J connectivity index is 2.37. The van der Waals surface area contributed by atoms with Gasteiger partial charge in [-0.1, -0.05) is 0 Å². The molecule has 2 unspecified atom stereocenters. The first-order valence-electron chi connectivity index (χ1n) is 3.08. The standard InChI is InChI=1S/C5H8N2O4/c8-4(6-10)2-1-3(2)5(9)7-11/h2-3,10-11H,1H2,(H,6,8)(H,7,9). The smallest absolute Gasteiger partial charge is 0.247 e. The highest BCUT2D eigenvalue weighted by Gasteiger charge is 2.48. The van der Waals surface area contributed by atoms with Gasteiger partial charge < -0.3 is 0 Å². The fourth-order valence-electron chi connectivity index (χ4n) is 0.940. The van der Waals surface area contributed by atoms with Crippen LogP contribution in [0.3, 0.4) is 0 Å². The Hall–Kier alpha value is -1.14. The van der Waals surface area contributed by atoms with Gasteiger partial charge in [0.2, 0.25) is 11.8 Å². The topological polar surface area (TPSA) is 98.7 Å².